The van der Waals surface area contributed by atoms with Crippen molar-refractivity contribution in [3.8, 4) is 46.0 Å². The zero-order valence-electron chi connectivity index (χ0n) is 21.2. The van der Waals surface area contributed by atoms with Gasteiger partial charge in [0.25, 0.3) is 0 Å². The van der Waals surface area contributed by atoms with E-state index in [1.807, 2.05) is 0 Å². The Hall–Kier alpha value is -4.05. The molecule has 0 spiro atoms. The maximum atomic E-state index is 10.6. The van der Waals surface area contributed by atoms with E-state index >= 15 is 0 Å². The van der Waals surface area contributed by atoms with Crippen LogP contribution in [0.1, 0.15) is 52.7 Å². The molecule has 200 valence electrons. The summed E-state index contributed by atoms with van der Waals surface area (Å²) in [5.41, 5.74) is -2.20. The van der Waals surface area contributed by atoms with Gasteiger partial charge in [0.15, 0.2) is 46.0 Å². The second kappa shape index (κ2) is 9.11. The van der Waals surface area contributed by atoms with Crippen LogP contribution in [0.15, 0.2) is 18.2 Å². The summed E-state index contributed by atoms with van der Waals surface area (Å²) in [6, 6.07) is 4.19. The first kappa shape index (κ1) is 27.5. The lowest BCUT2D eigenvalue weighted by molar-refractivity contribution is 0.354. The van der Waals surface area contributed by atoms with E-state index in [0.29, 0.717) is 0 Å². The quantitative estimate of drug-likeness (QED) is 0.139. The molecule has 0 unspecified atom stereocenters. The third-order valence-electron chi connectivity index (χ3n) is 5.73. The fourth-order valence-corrected chi connectivity index (χ4v) is 4.31. The second-order valence-electron chi connectivity index (χ2n) is 10.8. The molecule has 11 heteroatoms. The summed E-state index contributed by atoms with van der Waals surface area (Å²) < 4.78 is 0. The van der Waals surface area contributed by atoms with Gasteiger partial charge in [0.05, 0.1) is 0 Å². The molecule has 0 amide bonds. The zero-order chi connectivity index (χ0) is 28.2. The first-order chi connectivity index (χ1) is 16.9. The number of anilines is 4. The minimum Gasteiger partial charge on any atom is -0.504 e. The van der Waals surface area contributed by atoms with E-state index in [-0.39, 0.29) is 27.5 Å². The Kier molecular flexibility index (Phi) is 6.78. The Bertz CT molecular complexity index is 1230. The third kappa shape index (κ3) is 4.97. The molecule has 0 atom stereocenters. The average Bonchev–Trinajstić information content (AvgIpc) is 2.75. The monoisotopic (exact) mass is 534 g/mol. The van der Waals surface area contributed by atoms with Crippen LogP contribution in [-0.2, 0) is 10.8 Å². The number of aromatic hydroxyl groups is 8. The molecule has 0 aliphatic carbocycles. The summed E-state index contributed by atoms with van der Waals surface area (Å²) in [7, 11) is 0. The number of phenolic OH excluding ortho intramolecular Hbond substituents is 8. The molecule has 0 aromatic heterocycles. The van der Waals surface area contributed by atoms with Crippen LogP contribution in [0.4, 0.5) is 22.7 Å². The topological polar surface area (TPSA) is 186 Å². The van der Waals surface area contributed by atoms with Crippen molar-refractivity contribution in [2.24, 2.45) is 0 Å². The number of nitrogens with one attached hydrogen (secondary N) is 2. The Morgan fingerprint density at radius 3 is 1.00 bits per heavy atom. The lowest BCUT2D eigenvalue weighted by Gasteiger charge is -2.25. The molecular formula is C26H31ClN2O8. The molecule has 0 saturated heterocycles. The van der Waals surface area contributed by atoms with Crippen molar-refractivity contribution < 1.29 is 40.9 Å². The Labute approximate surface area is 218 Å². The second-order valence-corrected chi connectivity index (χ2v) is 11.2. The van der Waals surface area contributed by atoms with Crippen LogP contribution >= 0.6 is 11.6 Å². The van der Waals surface area contributed by atoms with Crippen LogP contribution in [0.5, 0.6) is 46.0 Å². The van der Waals surface area contributed by atoms with Gasteiger partial charge < -0.3 is 51.5 Å². The first-order valence-corrected chi connectivity index (χ1v) is 11.6. The van der Waals surface area contributed by atoms with Gasteiger partial charge in [0, 0.05) is 27.5 Å². The summed E-state index contributed by atoms with van der Waals surface area (Å²) in [6.45, 7) is 10.1. The number of hydrogen-bond donors (Lipinski definition) is 10. The van der Waals surface area contributed by atoms with Gasteiger partial charge in [-0.2, -0.15) is 0 Å². The van der Waals surface area contributed by atoms with E-state index in [9.17, 15) is 40.9 Å². The van der Waals surface area contributed by atoms with Crippen molar-refractivity contribution in [1.29, 1.82) is 0 Å². The fraction of sp³-hybridized carbons (Fsp3) is 0.308. The van der Waals surface area contributed by atoms with Crippen molar-refractivity contribution in [3.05, 3.63) is 34.3 Å². The van der Waals surface area contributed by atoms with Gasteiger partial charge in [0.2, 0.25) is 0 Å². The molecule has 3 aromatic carbocycles. The van der Waals surface area contributed by atoms with E-state index in [1.54, 1.807) is 41.5 Å². The Balaban J connectivity index is 2.08. The van der Waals surface area contributed by atoms with Crippen molar-refractivity contribution in [1.82, 2.24) is 0 Å². The van der Waals surface area contributed by atoms with Gasteiger partial charge in [-0.1, -0.05) is 53.1 Å². The van der Waals surface area contributed by atoms with E-state index < -0.39 is 68.2 Å². The van der Waals surface area contributed by atoms with Gasteiger partial charge in [-0.05, 0) is 29.0 Å². The molecule has 0 heterocycles. The Morgan fingerprint density at radius 2 is 0.757 bits per heavy atom. The molecule has 0 bridgehead atoms. The molecule has 0 aliphatic rings. The van der Waals surface area contributed by atoms with Gasteiger partial charge in [-0.25, -0.2) is 0 Å². The van der Waals surface area contributed by atoms with Crippen molar-refractivity contribution in [2.75, 3.05) is 10.6 Å². The molecule has 0 aliphatic heterocycles. The highest BCUT2D eigenvalue weighted by Crippen LogP contribution is 2.56. The van der Waals surface area contributed by atoms with E-state index in [1.165, 1.54) is 18.2 Å². The van der Waals surface area contributed by atoms with Crippen LogP contribution < -0.4 is 10.6 Å². The van der Waals surface area contributed by atoms with Gasteiger partial charge in [-0.3, -0.25) is 0 Å². The highest BCUT2D eigenvalue weighted by molar-refractivity contribution is 6.31. The number of hydrogen-bond acceptors (Lipinski definition) is 10. The van der Waals surface area contributed by atoms with Crippen LogP contribution in [0.2, 0.25) is 5.02 Å². The highest BCUT2D eigenvalue weighted by Gasteiger charge is 2.32. The molecule has 3 rings (SSSR count). The molecule has 10 nitrogen and oxygen atoms in total. The minimum atomic E-state index is -0.807. The highest BCUT2D eigenvalue weighted by atomic mass is 35.5. The van der Waals surface area contributed by atoms with Crippen LogP contribution in [-0.4, -0.2) is 40.9 Å². The zero-order valence-corrected chi connectivity index (χ0v) is 21.9. The summed E-state index contributed by atoms with van der Waals surface area (Å²) in [4.78, 5) is 0. The van der Waals surface area contributed by atoms with Crippen molar-refractivity contribution in [3.63, 3.8) is 0 Å². The van der Waals surface area contributed by atoms with Gasteiger partial charge >= 0.3 is 0 Å². The van der Waals surface area contributed by atoms with Gasteiger partial charge in [-0.15, -0.1) is 0 Å². The lowest BCUT2D eigenvalue weighted by atomic mass is 9.84. The van der Waals surface area contributed by atoms with E-state index in [4.69, 9.17) is 11.6 Å². The minimum absolute atomic E-state index is 0.0502. The summed E-state index contributed by atoms with van der Waals surface area (Å²) in [5, 5.41) is 89.7. The standard InChI is InChI=1S/C26H31ClN2O8/c1-25(2,3)13-17(30)21(34)15(22(35)18(13)31)28-11-7-10(27)8-12(9-11)29-16-23(36)19(32)14(26(4,5)6)20(33)24(16)37/h7-9,28-37H,1-6H3. The molecule has 0 saturated carbocycles. The predicted molar refractivity (Wildman–Crippen MR) is 142 cm³/mol. The van der Waals surface area contributed by atoms with Crippen molar-refractivity contribution in [2.45, 2.75) is 52.4 Å². The summed E-state index contributed by atoms with van der Waals surface area (Å²) in [6.07, 6.45) is 0. The lowest BCUT2D eigenvalue weighted by Crippen LogP contribution is -2.12. The normalized spacial score (nSPS) is 12.0. The van der Waals surface area contributed by atoms with Gasteiger partial charge in [0.1, 0.15) is 11.4 Å². The average molecular weight is 535 g/mol. The molecule has 0 fully saturated rings. The Morgan fingerprint density at radius 1 is 0.486 bits per heavy atom. The van der Waals surface area contributed by atoms with Crippen LogP contribution in [0.3, 0.4) is 0 Å². The smallest absolute Gasteiger partial charge is 0.186 e. The summed E-state index contributed by atoms with van der Waals surface area (Å²) in [5.74, 6) is -5.32. The molecule has 37 heavy (non-hydrogen) atoms. The maximum Gasteiger partial charge on any atom is 0.186 e. The van der Waals surface area contributed by atoms with Crippen molar-refractivity contribution >= 4 is 34.4 Å². The number of phenols is 8. The number of rotatable bonds is 4. The molecule has 10 N–H and O–H groups in total. The SMILES string of the molecule is CC(C)(C)c1c(O)c(O)c(Nc2cc(Cl)cc(Nc3c(O)c(O)c(C(C)(C)C)c(O)c3O)c2)c(O)c1O. The summed E-state index contributed by atoms with van der Waals surface area (Å²) >= 11 is 6.21. The first-order valence-electron chi connectivity index (χ1n) is 11.2. The number of benzene rings is 3. The van der Waals surface area contributed by atoms with Crippen LogP contribution in [0.25, 0.3) is 0 Å². The number of halogens is 1. The maximum absolute atomic E-state index is 10.6. The molecule has 3 aromatic rings. The van der Waals surface area contributed by atoms with E-state index in [2.05, 4.69) is 10.6 Å². The largest absolute Gasteiger partial charge is 0.504 e. The third-order valence-corrected chi connectivity index (χ3v) is 5.95. The predicted octanol–water partition coefficient (Wildman–Crippen LogP) is 6.07. The fourth-order valence-electron chi connectivity index (χ4n) is 4.08. The van der Waals surface area contributed by atoms with Crippen LogP contribution in [0, 0.1) is 0 Å². The molecular weight excluding hydrogens is 504 g/mol. The van der Waals surface area contributed by atoms with E-state index in [0.717, 1.165) is 0 Å². The molecule has 0 radical (unpaired) electrons.